The van der Waals surface area contributed by atoms with E-state index in [9.17, 15) is 4.79 Å². The van der Waals surface area contributed by atoms with E-state index in [2.05, 4.69) is 11.4 Å². The van der Waals surface area contributed by atoms with Gasteiger partial charge in [0.1, 0.15) is 18.1 Å². The van der Waals surface area contributed by atoms with Crippen LogP contribution in [0.1, 0.15) is 29.2 Å². The molecule has 0 radical (unpaired) electrons. The minimum atomic E-state index is -0.154. The lowest BCUT2D eigenvalue weighted by Gasteiger charge is -2.16. The van der Waals surface area contributed by atoms with Gasteiger partial charge in [-0.2, -0.15) is 0 Å². The van der Waals surface area contributed by atoms with Crippen LogP contribution in [0.4, 0.5) is 0 Å². The van der Waals surface area contributed by atoms with Crippen molar-refractivity contribution >= 4 is 5.91 Å². The van der Waals surface area contributed by atoms with Gasteiger partial charge in [-0.15, -0.1) is 0 Å². The lowest BCUT2D eigenvalue weighted by Crippen LogP contribution is -2.39. The smallest absolute Gasteiger partial charge is 0.258 e. The van der Waals surface area contributed by atoms with Crippen molar-refractivity contribution in [1.82, 2.24) is 5.32 Å². The highest BCUT2D eigenvalue weighted by molar-refractivity contribution is 5.77. The fraction of sp³-hybridized carbons (Fsp3) is 0.381. The van der Waals surface area contributed by atoms with Crippen LogP contribution in [0.2, 0.25) is 0 Å². The fourth-order valence-electron chi connectivity index (χ4n) is 2.51. The number of ether oxygens (including phenoxy) is 2. The molecular weight excluding hydrogens is 314 g/mol. The third kappa shape index (κ3) is 5.82. The average Bonchev–Trinajstić information content (AvgIpc) is 2.56. The van der Waals surface area contributed by atoms with E-state index in [1.54, 1.807) is 0 Å². The van der Waals surface area contributed by atoms with E-state index in [4.69, 9.17) is 9.47 Å². The van der Waals surface area contributed by atoms with Crippen LogP contribution in [0.25, 0.3) is 0 Å². The van der Waals surface area contributed by atoms with Gasteiger partial charge in [0, 0.05) is 0 Å². The molecule has 0 aromatic heterocycles. The minimum absolute atomic E-state index is 0.00138. The van der Waals surface area contributed by atoms with Crippen LogP contribution >= 0.6 is 0 Å². The molecule has 0 fully saturated rings. The maximum absolute atomic E-state index is 12.1. The molecule has 4 nitrogen and oxygen atoms in total. The monoisotopic (exact) mass is 341 g/mol. The zero-order valence-electron chi connectivity index (χ0n) is 15.7. The van der Waals surface area contributed by atoms with Crippen molar-refractivity contribution in [3.05, 3.63) is 58.7 Å². The number of rotatable bonds is 7. The van der Waals surface area contributed by atoms with Crippen molar-refractivity contribution in [2.45, 2.75) is 40.7 Å². The largest absolute Gasteiger partial charge is 0.491 e. The Kier molecular flexibility index (Phi) is 6.45. The second kappa shape index (κ2) is 8.56. The summed E-state index contributed by atoms with van der Waals surface area (Å²) in [5.74, 6) is 1.41. The predicted octanol–water partition coefficient (Wildman–Crippen LogP) is 3.88. The number of benzene rings is 2. The number of hydrogen-bond donors (Lipinski definition) is 1. The van der Waals surface area contributed by atoms with Crippen LogP contribution in [0, 0.1) is 27.7 Å². The Labute approximate surface area is 150 Å². The number of aryl methyl sites for hydroxylation is 3. The van der Waals surface area contributed by atoms with Gasteiger partial charge in [-0.25, -0.2) is 0 Å². The first-order chi connectivity index (χ1) is 11.8. The van der Waals surface area contributed by atoms with Gasteiger partial charge in [0.05, 0.1) is 6.04 Å². The summed E-state index contributed by atoms with van der Waals surface area (Å²) in [6.07, 6.45) is 0. The predicted molar refractivity (Wildman–Crippen MR) is 100 cm³/mol. The minimum Gasteiger partial charge on any atom is -0.491 e. The first-order valence-electron chi connectivity index (χ1n) is 8.54. The van der Waals surface area contributed by atoms with Gasteiger partial charge in [-0.05, 0) is 69.5 Å². The first kappa shape index (κ1) is 18.8. The van der Waals surface area contributed by atoms with Crippen LogP contribution in [0.5, 0.6) is 11.5 Å². The molecule has 1 atom stereocenters. The van der Waals surface area contributed by atoms with Crippen LogP contribution in [-0.4, -0.2) is 25.2 Å². The maximum atomic E-state index is 12.1. The van der Waals surface area contributed by atoms with Crippen LogP contribution < -0.4 is 14.8 Å². The van der Waals surface area contributed by atoms with Crippen molar-refractivity contribution in [3.63, 3.8) is 0 Å². The number of carbonyl (C=O) groups is 1. The molecule has 2 rings (SSSR count). The Morgan fingerprint density at radius 1 is 1.00 bits per heavy atom. The standard InChI is InChI=1S/C21H27NO3/c1-14-6-8-19(9-7-14)24-12-17(4)22-21(23)13-25-20-11-15(2)10-16(3)18(20)5/h6-11,17H,12-13H2,1-5H3,(H,22,23). The summed E-state index contributed by atoms with van der Waals surface area (Å²) < 4.78 is 11.4. The molecule has 1 N–H and O–H groups in total. The van der Waals surface area contributed by atoms with Gasteiger partial charge in [0.15, 0.2) is 6.61 Å². The normalized spacial score (nSPS) is 11.7. The molecule has 0 aliphatic rings. The number of hydrogen-bond acceptors (Lipinski definition) is 3. The molecule has 2 aromatic rings. The summed E-state index contributed by atoms with van der Waals surface area (Å²) >= 11 is 0. The molecule has 1 amide bonds. The summed E-state index contributed by atoms with van der Waals surface area (Å²) in [6.45, 7) is 10.4. The Morgan fingerprint density at radius 3 is 2.36 bits per heavy atom. The highest BCUT2D eigenvalue weighted by atomic mass is 16.5. The third-order valence-electron chi connectivity index (χ3n) is 4.05. The Morgan fingerprint density at radius 2 is 1.68 bits per heavy atom. The molecular formula is C21H27NO3. The van der Waals surface area contributed by atoms with Crippen LogP contribution in [-0.2, 0) is 4.79 Å². The van der Waals surface area contributed by atoms with Crippen LogP contribution in [0.3, 0.4) is 0 Å². The van der Waals surface area contributed by atoms with Gasteiger partial charge < -0.3 is 14.8 Å². The Bertz CT molecular complexity index is 723. The van der Waals surface area contributed by atoms with E-state index in [1.807, 2.05) is 65.0 Å². The summed E-state index contributed by atoms with van der Waals surface area (Å²) in [5, 5.41) is 2.89. The average molecular weight is 341 g/mol. The van der Waals surface area contributed by atoms with Crippen molar-refractivity contribution in [1.29, 1.82) is 0 Å². The topological polar surface area (TPSA) is 47.6 Å². The lowest BCUT2D eigenvalue weighted by atomic mass is 10.1. The molecule has 4 heteroatoms. The van der Waals surface area contributed by atoms with E-state index < -0.39 is 0 Å². The molecule has 0 saturated heterocycles. The zero-order chi connectivity index (χ0) is 18.4. The summed E-state index contributed by atoms with van der Waals surface area (Å²) in [5.41, 5.74) is 4.54. The van der Waals surface area contributed by atoms with Gasteiger partial charge in [-0.1, -0.05) is 23.8 Å². The highest BCUT2D eigenvalue weighted by Crippen LogP contribution is 2.23. The number of carbonyl (C=O) groups excluding carboxylic acids is 1. The van der Waals surface area contributed by atoms with Gasteiger partial charge in [-0.3, -0.25) is 4.79 Å². The maximum Gasteiger partial charge on any atom is 0.258 e. The molecule has 0 aliphatic carbocycles. The lowest BCUT2D eigenvalue weighted by molar-refractivity contribution is -0.123. The van der Waals surface area contributed by atoms with Gasteiger partial charge in [0.25, 0.3) is 5.91 Å². The van der Waals surface area contributed by atoms with Crippen LogP contribution in [0.15, 0.2) is 36.4 Å². The molecule has 25 heavy (non-hydrogen) atoms. The van der Waals surface area contributed by atoms with E-state index in [1.165, 1.54) is 5.56 Å². The quantitative estimate of drug-likeness (QED) is 0.831. The van der Waals surface area contributed by atoms with Crippen molar-refractivity contribution < 1.29 is 14.3 Å². The number of amides is 1. The Hall–Kier alpha value is -2.49. The van der Waals surface area contributed by atoms with Gasteiger partial charge in [0.2, 0.25) is 0 Å². The van der Waals surface area contributed by atoms with E-state index in [-0.39, 0.29) is 18.6 Å². The fourth-order valence-corrected chi connectivity index (χ4v) is 2.51. The summed E-state index contributed by atoms with van der Waals surface area (Å²) in [4.78, 5) is 12.1. The molecule has 134 valence electrons. The molecule has 1 unspecified atom stereocenters. The number of nitrogens with one attached hydrogen (secondary N) is 1. The highest BCUT2D eigenvalue weighted by Gasteiger charge is 2.11. The zero-order valence-corrected chi connectivity index (χ0v) is 15.7. The molecule has 0 saturated carbocycles. The molecule has 2 aromatic carbocycles. The first-order valence-corrected chi connectivity index (χ1v) is 8.54. The van der Waals surface area contributed by atoms with Gasteiger partial charge >= 0.3 is 0 Å². The summed E-state index contributed by atoms with van der Waals surface area (Å²) in [7, 11) is 0. The van der Waals surface area contributed by atoms with Crippen molar-refractivity contribution in [3.8, 4) is 11.5 Å². The molecule has 0 aliphatic heterocycles. The van der Waals surface area contributed by atoms with E-state index >= 15 is 0 Å². The second-order valence-corrected chi connectivity index (χ2v) is 6.59. The summed E-state index contributed by atoms with van der Waals surface area (Å²) in [6, 6.07) is 11.8. The molecule has 0 bridgehead atoms. The molecule has 0 heterocycles. The van der Waals surface area contributed by atoms with Crippen molar-refractivity contribution in [2.75, 3.05) is 13.2 Å². The third-order valence-corrected chi connectivity index (χ3v) is 4.05. The van der Waals surface area contributed by atoms with E-state index in [0.717, 1.165) is 28.2 Å². The van der Waals surface area contributed by atoms with E-state index in [0.29, 0.717) is 6.61 Å². The second-order valence-electron chi connectivity index (χ2n) is 6.59. The Balaban J connectivity index is 1.78. The SMILES string of the molecule is Cc1ccc(OCC(C)NC(=O)COc2cc(C)cc(C)c2C)cc1. The molecule has 0 spiro atoms. The van der Waals surface area contributed by atoms with Crippen molar-refractivity contribution in [2.24, 2.45) is 0 Å².